The van der Waals surface area contributed by atoms with Crippen LogP contribution in [0.2, 0.25) is 0 Å². The van der Waals surface area contributed by atoms with Crippen LogP contribution < -0.4 is 0 Å². The van der Waals surface area contributed by atoms with Gasteiger partial charge in [-0.2, -0.15) is 0 Å². The predicted octanol–water partition coefficient (Wildman–Crippen LogP) is 0.315. The summed E-state index contributed by atoms with van der Waals surface area (Å²) in [5, 5.41) is 18.6. The molecule has 108 valence electrons. The van der Waals surface area contributed by atoms with Crippen molar-refractivity contribution in [3.63, 3.8) is 0 Å². The minimum Gasteiger partial charge on any atom is -0.458 e. The standard InChI is InChI=1S/C13H20O6/c1-2-3-4-5-11(16)19-13(10(15)7-14)9-6-12(17)18-8-9/h6,10,13-15H,2-5,7-8H2,1H3/t10-,13-/m1/s1. The first kappa shape index (κ1) is 15.7. The molecule has 1 aliphatic rings. The van der Waals surface area contributed by atoms with E-state index in [4.69, 9.17) is 14.6 Å². The average molecular weight is 272 g/mol. The van der Waals surface area contributed by atoms with Gasteiger partial charge in [-0.15, -0.1) is 0 Å². The lowest BCUT2D eigenvalue weighted by Crippen LogP contribution is -2.36. The van der Waals surface area contributed by atoms with Crippen LogP contribution >= 0.6 is 0 Å². The zero-order valence-electron chi connectivity index (χ0n) is 11.0. The number of hydrogen-bond donors (Lipinski definition) is 2. The summed E-state index contributed by atoms with van der Waals surface area (Å²) in [6.45, 7) is 1.44. The summed E-state index contributed by atoms with van der Waals surface area (Å²) < 4.78 is 9.84. The van der Waals surface area contributed by atoms with Crippen molar-refractivity contribution in [3.8, 4) is 0 Å². The number of carbonyl (C=O) groups excluding carboxylic acids is 2. The van der Waals surface area contributed by atoms with Gasteiger partial charge in [0.05, 0.1) is 6.61 Å². The van der Waals surface area contributed by atoms with Gasteiger partial charge in [0.25, 0.3) is 0 Å². The average Bonchev–Trinajstić information content (AvgIpc) is 2.82. The normalized spacial score (nSPS) is 17.6. The minimum atomic E-state index is -1.25. The van der Waals surface area contributed by atoms with Gasteiger partial charge in [-0.1, -0.05) is 19.8 Å². The summed E-state index contributed by atoms with van der Waals surface area (Å²) >= 11 is 0. The molecular formula is C13H20O6. The Kier molecular flexibility index (Phi) is 6.52. The highest BCUT2D eigenvalue weighted by atomic mass is 16.6. The fourth-order valence-electron chi connectivity index (χ4n) is 1.77. The van der Waals surface area contributed by atoms with E-state index in [0.29, 0.717) is 12.0 Å². The number of ether oxygens (including phenoxy) is 2. The number of aliphatic hydroxyl groups excluding tert-OH is 2. The van der Waals surface area contributed by atoms with Crippen LogP contribution in [-0.4, -0.2) is 47.6 Å². The van der Waals surface area contributed by atoms with Crippen molar-refractivity contribution in [1.82, 2.24) is 0 Å². The van der Waals surface area contributed by atoms with E-state index in [2.05, 4.69) is 0 Å². The number of cyclic esters (lactones) is 1. The van der Waals surface area contributed by atoms with Crippen molar-refractivity contribution in [3.05, 3.63) is 11.6 Å². The molecule has 0 amide bonds. The van der Waals surface area contributed by atoms with Crippen LogP contribution in [0.4, 0.5) is 0 Å². The van der Waals surface area contributed by atoms with Crippen molar-refractivity contribution in [1.29, 1.82) is 0 Å². The van der Waals surface area contributed by atoms with Gasteiger partial charge in [0.1, 0.15) is 12.7 Å². The SMILES string of the molecule is CCCCCC(=O)O[C@H](C1=CC(=O)OC1)[C@H](O)CO. The fourth-order valence-corrected chi connectivity index (χ4v) is 1.77. The van der Waals surface area contributed by atoms with E-state index < -0.39 is 30.8 Å². The van der Waals surface area contributed by atoms with E-state index in [9.17, 15) is 14.7 Å². The second-order valence-electron chi connectivity index (χ2n) is 4.44. The monoisotopic (exact) mass is 272 g/mol. The predicted molar refractivity (Wildman–Crippen MR) is 66.2 cm³/mol. The van der Waals surface area contributed by atoms with Crippen LogP contribution in [0.1, 0.15) is 32.6 Å². The number of aliphatic hydroxyl groups is 2. The Balaban J connectivity index is 2.57. The molecule has 0 aromatic heterocycles. The number of carbonyl (C=O) groups is 2. The number of unbranched alkanes of at least 4 members (excludes halogenated alkanes) is 2. The number of rotatable bonds is 8. The van der Waals surface area contributed by atoms with Crippen LogP contribution in [0.15, 0.2) is 11.6 Å². The molecule has 0 unspecified atom stereocenters. The highest BCUT2D eigenvalue weighted by Gasteiger charge is 2.30. The molecule has 0 aliphatic carbocycles. The van der Waals surface area contributed by atoms with Gasteiger partial charge in [-0.25, -0.2) is 4.79 Å². The van der Waals surface area contributed by atoms with Crippen molar-refractivity contribution in [2.75, 3.05) is 13.2 Å². The molecule has 1 aliphatic heterocycles. The molecule has 2 N–H and O–H groups in total. The van der Waals surface area contributed by atoms with Gasteiger partial charge in [-0.05, 0) is 6.42 Å². The molecule has 0 bridgehead atoms. The van der Waals surface area contributed by atoms with Gasteiger partial charge in [0, 0.05) is 18.1 Å². The largest absolute Gasteiger partial charge is 0.458 e. The first-order chi connectivity index (χ1) is 9.08. The lowest BCUT2D eigenvalue weighted by molar-refractivity contribution is -0.153. The van der Waals surface area contributed by atoms with Crippen molar-refractivity contribution < 1.29 is 29.3 Å². The Morgan fingerprint density at radius 1 is 1.53 bits per heavy atom. The summed E-state index contributed by atoms with van der Waals surface area (Å²) in [5.74, 6) is -0.988. The Morgan fingerprint density at radius 3 is 2.79 bits per heavy atom. The quantitative estimate of drug-likeness (QED) is 0.488. The maximum atomic E-state index is 11.6. The van der Waals surface area contributed by atoms with E-state index in [1.807, 2.05) is 6.92 Å². The molecule has 0 radical (unpaired) electrons. The third-order valence-corrected chi connectivity index (χ3v) is 2.83. The summed E-state index contributed by atoms with van der Waals surface area (Å²) in [7, 11) is 0. The lowest BCUT2D eigenvalue weighted by Gasteiger charge is -2.22. The van der Waals surface area contributed by atoms with Crippen LogP contribution in [0.5, 0.6) is 0 Å². The molecule has 1 rings (SSSR count). The molecule has 6 heteroatoms. The smallest absolute Gasteiger partial charge is 0.331 e. The molecule has 0 spiro atoms. The topological polar surface area (TPSA) is 93.1 Å². The molecule has 0 aromatic rings. The number of esters is 2. The highest BCUT2D eigenvalue weighted by molar-refractivity contribution is 5.85. The summed E-state index contributed by atoms with van der Waals surface area (Å²) in [5.41, 5.74) is 0.371. The first-order valence-corrected chi connectivity index (χ1v) is 6.44. The zero-order valence-corrected chi connectivity index (χ0v) is 11.0. The lowest BCUT2D eigenvalue weighted by atomic mass is 10.1. The second kappa shape index (κ2) is 7.91. The molecule has 0 saturated carbocycles. The molecule has 0 fully saturated rings. The van der Waals surface area contributed by atoms with Crippen LogP contribution in [0, 0.1) is 0 Å². The molecule has 19 heavy (non-hydrogen) atoms. The van der Waals surface area contributed by atoms with Crippen molar-refractivity contribution in [2.45, 2.75) is 44.8 Å². The van der Waals surface area contributed by atoms with Crippen LogP contribution in [-0.2, 0) is 19.1 Å². The summed E-state index contributed by atoms with van der Waals surface area (Å²) in [6, 6.07) is 0. The maximum absolute atomic E-state index is 11.6. The van der Waals surface area contributed by atoms with E-state index in [1.165, 1.54) is 6.08 Å². The fraction of sp³-hybridized carbons (Fsp3) is 0.692. The zero-order chi connectivity index (χ0) is 14.3. The number of hydrogen-bond acceptors (Lipinski definition) is 6. The molecule has 0 saturated heterocycles. The molecular weight excluding hydrogens is 252 g/mol. The van der Waals surface area contributed by atoms with Crippen LogP contribution in [0.3, 0.4) is 0 Å². The van der Waals surface area contributed by atoms with Gasteiger partial charge >= 0.3 is 11.9 Å². The minimum absolute atomic E-state index is 0.0250. The van der Waals surface area contributed by atoms with E-state index >= 15 is 0 Å². The summed E-state index contributed by atoms with van der Waals surface area (Å²) in [6.07, 6.45) is 1.79. The highest BCUT2D eigenvalue weighted by Crippen LogP contribution is 2.18. The molecule has 6 nitrogen and oxygen atoms in total. The van der Waals surface area contributed by atoms with Gasteiger partial charge in [-0.3, -0.25) is 4.79 Å². The Hall–Kier alpha value is -1.40. The summed E-state index contributed by atoms with van der Waals surface area (Å²) in [4.78, 5) is 22.6. The molecule has 0 aromatic carbocycles. The third kappa shape index (κ3) is 5.00. The van der Waals surface area contributed by atoms with Crippen LogP contribution in [0.25, 0.3) is 0 Å². The second-order valence-corrected chi connectivity index (χ2v) is 4.44. The molecule has 2 atom stereocenters. The van der Waals surface area contributed by atoms with Gasteiger partial charge < -0.3 is 19.7 Å². The van der Waals surface area contributed by atoms with E-state index in [1.54, 1.807) is 0 Å². The molecule has 1 heterocycles. The third-order valence-electron chi connectivity index (χ3n) is 2.83. The van der Waals surface area contributed by atoms with E-state index in [-0.39, 0.29) is 13.0 Å². The maximum Gasteiger partial charge on any atom is 0.331 e. The van der Waals surface area contributed by atoms with Crippen molar-refractivity contribution >= 4 is 11.9 Å². The van der Waals surface area contributed by atoms with E-state index in [0.717, 1.165) is 12.8 Å². The Bertz CT molecular complexity index is 349. The van der Waals surface area contributed by atoms with Crippen molar-refractivity contribution in [2.24, 2.45) is 0 Å². The Labute approximate surface area is 112 Å². The first-order valence-electron chi connectivity index (χ1n) is 6.44. The Morgan fingerprint density at radius 2 is 2.26 bits per heavy atom. The van der Waals surface area contributed by atoms with Gasteiger partial charge in [0.2, 0.25) is 0 Å². The van der Waals surface area contributed by atoms with Gasteiger partial charge in [0.15, 0.2) is 6.10 Å².